The van der Waals surface area contributed by atoms with Crippen molar-refractivity contribution in [3.05, 3.63) is 29.8 Å². The molecule has 3 rings (SSSR count). The number of phenols is 1. The lowest BCUT2D eigenvalue weighted by atomic mass is 9.90. The molecule has 0 aliphatic carbocycles. The molecule has 4 nitrogen and oxygen atoms in total. The van der Waals surface area contributed by atoms with Crippen LogP contribution in [0.1, 0.15) is 32.8 Å². The van der Waals surface area contributed by atoms with E-state index in [4.69, 9.17) is 4.74 Å². The molecule has 2 aromatic carbocycles. The smallest absolute Gasteiger partial charge is 0.221 e. The largest absolute Gasteiger partial charge is 0.505 e. The summed E-state index contributed by atoms with van der Waals surface area (Å²) in [5.41, 5.74) is 1.10. The number of rotatable bonds is 1. The Morgan fingerprint density at radius 3 is 2.62 bits per heavy atom. The van der Waals surface area contributed by atoms with Gasteiger partial charge in [-0.2, -0.15) is 0 Å². The zero-order valence-electron chi connectivity index (χ0n) is 12.5. The van der Waals surface area contributed by atoms with Crippen molar-refractivity contribution in [3.63, 3.8) is 0 Å². The maximum absolute atomic E-state index is 11.5. The Morgan fingerprint density at radius 1 is 1.29 bits per heavy atom. The maximum atomic E-state index is 11.5. The van der Waals surface area contributed by atoms with Crippen LogP contribution in [0, 0.1) is 0 Å². The van der Waals surface area contributed by atoms with Crippen LogP contribution in [0.15, 0.2) is 24.3 Å². The van der Waals surface area contributed by atoms with Gasteiger partial charge < -0.3 is 15.2 Å². The van der Waals surface area contributed by atoms with Crippen LogP contribution in [0.5, 0.6) is 11.5 Å². The van der Waals surface area contributed by atoms with Gasteiger partial charge in [0.05, 0.1) is 5.69 Å². The van der Waals surface area contributed by atoms with Crippen molar-refractivity contribution < 1.29 is 14.6 Å². The molecular weight excluding hydrogens is 266 g/mol. The number of benzene rings is 2. The summed E-state index contributed by atoms with van der Waals surface area (Å²) in [5, 5.41) is 14.8. The quantitative estimate of drug-likeness (QED) is 0.787. The first-order valence-corrected chi connectivity index (χ1v) is 7.12. The molecule has 0 unspecified atom stereocenters. The summed E-state index contributed by atoms with van der Waals surface area (Å²) in [5.74, 6) is 0.680. The Balaban J connectivity index is 2.33. The van der Waals surface area contributed by atoms with Crippen LogP contribution < -0.4 is 10.1 Å². The number of phenolic OH excluding ortho intramolecular Hbond substituents is 1. The fourth-order valence-electron chi connectivity index (χ4n) is 2.86. The number of anilines is 1. The zero-order chi connectivity index (χ0) is 15.2. The molecular formula is C17H19NO3. The highest BCUT2D eigenvalue weighted by molar-refractivity contribution is 6.03. The highest BCUT2D eigenvalue weighted by Gasteiger charge is 2.31. The van der Waals surface area contributed by atoms with E-state index in [9.17, 15) is 9.90 Å². The minimum Gasteiger partial charge on any atom is -0.505 e. The summed E-state index contributed by atoms with van der Waals surface area (Å²) in [6, 6.07) is 7.55. The van der Waals surface area contributed by atoms with Crippen molar-refractivity contribution in [1.82, 2.24) is 0 Å². The summed E-state index contributed by atoms with van der Waals surface area (Å²) in [7, 11) is 0. The van der Waals surface area contributed by atoms with Crippen LogP contribution in [0.25, 0.3) is 10.8 Å². The molecule has 0 atom stereocenters. The van der Waals surface area contributed by atoms with Crippen LogP contribution in [0.3, 0.4) is 0 Å². The van der Waals surface area contributed by atoms with E-state index in [-0.39, 0.29) is 17.3 Å². The molecule has 2 aromatic rings. The van der Waals surface area contributed by atoms with E-state index >= 15 is 0 Å². The molecule has 2 N–H and O–H groups in total. The molecule has 1 aliphatic heterocycles. The first kappa shape index (κ1) is 13.7. The number of nitrogens with one attached hydrogen (secondary N) is 1. The average Bonchev–Trinajstić information content (AvgIpc) is 2.42. The van der Waals surface area contributed by atoms with Crippen molar-refractivity contribution in [3.8, 4) is 11.5 Å². The third-order valence-electron chi connectivity index (χ3n) is 3.90. The van der Waals surface area contributed by atoms with Gasteiger partial charge in [-0.1, -0.05) is 24.3 Å². The Morgan fingerprint density at radius 2 is 1.95 bits per heavy atom. The van der Waals surface area contributed by atoms with Crippen molar-refractivity contribution in [2.75, 3.05) is 5.32 Å². The molecule has 0 spiro atoms. The Hall–Kier alpha value is -2.23. The molecule has 4 heteroatoms. The number of carbonyl (C=O) groups excluding carboxylic acids is 1. The lowest BCUT2D eigenvalue weighted by Gasteiger charge is -2.34. The Kier molecular flexibility index (Phi) is 3.04. The van der Waals surface area contributed by atoms with Crippen molar-refractivity contribution in [2.24, 2.45) is 0 Å². The summed E-state index contributed by atoms with van der Waals surface area (Å²) in [4.78, 5) is 11.5. The van der Waals surface area contributed by atoms with Crippen LogP contribution >= 0.6 is 0 Å². The van der Waals surface area contributed by atoms with Gasteiger partial charge in [0.2, 0.25) is 5.91 Å². The standard InChI is InChI=1S/C17H19NO3/c1-10(19)18-14-13-8-9-17(2,3)21-16(13)12-7-5-4-6-11(12)15(14)20/h4-7,20H,8-9H2,1-3H3,(H,18,19). The average molecular weight is 285 g/mol. The zero-order valence-corrected chi connectivity index (χ0v) is 12.5. The van der Waals surface area contributed by atoms with E-state index in [0.717, 1.165) is 29.5 Å². The SMILES string of the molecule is CC(=O)Nc1c2c(c3ccccc3c1O)OC(C)(C)CC2. The first-order chi connectivity index (χ1) is 9.89. The number of carbonyl (C=O) groups is 1. The summed E-state index contributed by atoms with van der Waals surface area (Å²) in [6.07, 6.45) is 1.60. The molecule has 0 saturated heterocycles. The van der Waals surface area contributed by atoms with E-state index in [1.165, 1.54) is 6.92 Å². The van der Waals surface area contributed by atoms with Gasteiger partial charge in [-0.25, -0.2) is 0 Å². The molecule has 0 radical (unpaired) electrons. The van der Waals surface area contributed by atoms with Crippen LogP contribution in [0.4, 0.5) is 5.69 Å². The van der Waals surface area contributed by atoms with Gasteiger partial charge >= 0.3 is 0 Å². The molecule has 1 aliphatic rings. The van der Waals surface area contributed by atoms with Crippen LogP contribution in [0.2, 0.25) is 0 Å². The fourth-order valence-corrected chi connectivity index (χ4v) is 2.86. The summed E-state index contributed by atoms with van der Waals surface area (Å²) >= 11 is 0. The Labute approximate surface area is 123 Å². The lowest BCUT2D eigenvalue weighted by molar-refractivity contribution is -0.114. The second-order valence-electron chi connectivity index (χ2n) is 6.12. The van der Waals surface area contributed by atoms with Crippen LogP contribution in [-0.2, 0) is 11.2 Å². The fraction of sp³-hybridized carbons (Fsp3) is 0.353. The third kappa shape index (κ3) is 2.31. The molecule has 110 valence electrons. The lowest BCUT2D eigenvalue weighted by Crippen LogP contribution is -2.33. The number of amides is 1. The molecule has 21 heavy (non-hydrogen) atoms. The molecule has 1 heterocycles. The van der Waals surface area contributed by atoms with E-state index in [1.807, 2.05) is 24.3 Å². The second-order valence-corrected chi connectivity index (χ2v) is 6.12. The van der Waals surface area contributed by atoms with E-state index in [0.29, 0.717) is 11.1 Å². The van der Waals surface area contributed by atoms with Gasteiger partial charge in [-0.05, 0) is 26.7 Å². The van der Waals surface area contributed by atoms with Gasteiger partial charge in [0.25, 0.3) is 0 Å². The monoisotopic (exact) mass is 285 g/mol. The summed E-state index contributed by atoms with van der Waals surface area (Å²) in [6.45, 7) is 5.54. The Bertz CT molecular complexity index is 734. The predicted molar refractivity (Wildman–Crippen MR) is 82.9 cm³/mol. The highest BCUT2D eigenvalue weighted by atomic mass is 16.5. The van der Waals surface area contributed by atoms with E-state index < -0.39 is 0 Å². The van der Waals surface area contributed by atoms with Gasteiger partial charge in [-0.15, -0.1) is 0 Å². The molecule has 0 saturated carbocycles. The number of aromatic hydroxyl groups is 1. The van der Waals surface area contributed by atoms with Crippen molar-refractivity contribution >= 4 is 22.4 Å². The third-order valence-corrected chi connectivity index (χ3v) is 3.90. The number of fused-ring (bicyclic) bond motifs is 3. The topological polar surface area (TPSA) is 58.6 Å². The number of hydrogen-bond donors (Lipinski definition) is 2. The molecule has 1 amide bonds. The van der Waals surface area contributed by atoms with Gasteiger partial charge in [-0.3, -0.25) is 4.79 Å². The highest BCUT2D eigenvalue weighted by Crippen LogP contribution is 2.48. The number of hydrogen-bond acceptors (Lipinski definition) is 3. The van der Waals surface area contributed by atoms with Gasteiger partial charge in [0, 0.05) is 23.3 Å². The molecule has 0 aromatic heterocycles. The minimum atomic E-state index is -0.250. The normalized spacial score (nSPS) is 16.1. The number of ether oxygens (including phenoxy) is 1. The van der Waals surface area contributed by atoms with Crippen LogP contribution in [-0.4, -0.2) is 16.6 Å². The van der Waals surface area contributed by atoms with Gasteiger partial charge in [0.1, 0.15) is 17.1 Å². The summed E-state index contributed by atoms with van der Waals surface area (Å²) < 4.78 is 6.15. The molecule has 0 fully saturated rings. The maximum Gasteiger partial charge on any atom is 0.221 e. The van der Waals surface area contributed by atoms with Crippen molar-refractivity contribution in [2.45, 2.75) is 39.2 Å². The predicted octanol–water partition coefficient (Wildman–Crippen LogP) is 3.61. The van der Waals surface area contributed by atoms with E-state index in [1.54, 1.807) is 0 Å². The van der Waals surface area contributed by atoms with Crippen molar-refractivity contribution in [1.29, 1.82) is 0 Å². The van der Waals surface area contributed by atoms with Gasteiger partial charge in [0.15, 0.2) is 0 Å². The first-order valence-electron chi connectivity index (χ1n) is 7.12. The second kappa shape index (κ2) is 4.65. The van der Waals surface area contributed by atoms with E-state index in [2.05, 4.69) is 19.2 Å². The minimum absolute atomic E-state index is 0.114. The molecule has 0 bridgehead atoms.